The third kappa shape index (κ3) is 6.11. The first kappa shape index (κ1) is 28.7. The van der Waals surface area contributed by atoms with Gasteiger partial charge in [0.2, 0.25) is 5.91 Å². The van der Waals surface area contributed by atoms with Gasteiger partial charge in [0, 0.05) is 55.9 Å². The molecule has 216 valence electrons. The van der Waals surface area contributed by atoms with Gasteiger partial charge in [-0.15, -0.1) is 5.10 Å². The smallest absolute Gasteiger partial charge is 0.264 e. The molecule has 0 radical (unpaired) electrons. The van der Waals surface area contributed by atoms with Crippen molar-refractivity contribution in [3.63, 3.8) is 0 Å². The largest absolute Gasteiger partial charge is 0.396 e. The first-order chi connectivity index (χ1) is 19.9. The van der Waals surface area contributed by atoms with Crippen LogP contribution in [-0.4, -0.2) is 50.2 Å². The van der Waals surface area contributed by atoms with E-state index in [1.807, 2.05) is 78.7 Å². The van der Waals surface area contributed by atoms with E-state index in [0.717, 1.165) is 49.2 Å². The molecule has 3 aromatic rings. The van der Waals surface area contributed by atoms with E-state index >= 15 is 0 Å². The number of aromatic nitrogens is 3. The van der Waals surface area contributed by atoms with Gasteiger partial charge in [-0.3, -0.25) is 14.3 Å². The number of carbonyl (C=O) groups is 2. The van der Waals surface area contributed by atoms with Crippen LogP contribution in [0.25, 0.3) is 0 Å². The van der Waals surface area contributed by atoms with Gasteiger partial charge in [0.25, 0.3) is 5.91 Å². The van der Waals surface area contributed by atoms with Crippen molar-refractivity contribution in [2.45, 2.75) is 70.6 Å². The van der Waals surface area contributed by atoms with E-state index in [0.29, 0.717) is 43.6 Å². The Morgan fingerprint density at radius 2 is 1.83 bits per heavy atom. The van der Waals surface area contributed by atoms with Crippen molar-refractivity contribution in [2.75, 3.05) is 23.0 Å². The van der Waals surface area contributed by atoms with Gasteiger partial charge in [-0.1, -0.05) is 67.5 Å². The summed E-state index contributed by atoms with van der Waals surface area (Å²) < 4.78 is 1.72. The lowest BCUT2D eigenvalue weighted by Gasteiger charge is -2.28. The van der Waals surface area contributed by atoms with Gasteiger partial charge in [0.15, 0.2) is 5.60 Å². The molecule has 5 rings (SSSR count). The van der Waals surface area contributed by atoms with Crippen LogP contribution < -0.4 is 9.80 Å². The van der Waals surface area contributed by atoms with E-state index in [4.69, 9.17) is 5.11 Å². The summed E-state index contributed by atoms with van der Waals surface area (Å²) in [6.07, 6.45) is 11.6. The molecule has 2 N–H and O–H groups in total. The van der Waals surface area contributed by atoms with E-state index in [9.17, 15) is 14.7 Å². The Hall–Kier alpha value is -3.82. The third-order valence-electron chi connectivity index (χ3n) is 8.15. The number of para-hydroxylation sites is 1. The molecule has 2 aliphatic heterocycles. The minimum atomic E-state index is -1.68. The molecule has 2 aliphatic rings. The second-order valence-electron chi connectivity index (χ2n) is 11.0. The molecule has 0 unspecified atom stereocenters. The maximum Gasteiger partial charge on any atom is 0.264 e. The standard InChI is InChI=1S/C32H39N5O4/c1-24(10-7-9-19-35-23-26(18-21-38)33-34-35)32(41)28-11-5-6-12-29(28)37(31(32)40)22-25-14-16-27(17-15-25)36-20-8-3-2-4-13-30(36)39/h5-7,10-12,14-17,23-24,38,41H,2-4,8-9,13,18-22H2,1H3/b10-7+/t24-,32+/m1/s1. The summed E-state index contributed by atoms with van der Waals surface area (Å²) in [5.74, 6) is -0.632. The van der Waals surface area contributed by atoms with Crippen LogP contribution in [0, 0.1) is 5.92 Å². The number of amides is 2. The summed E-state index contributed by atoms with van der Waals surface area (Å²) in [5.41, 5.74) is 2.20. The van der Waals surface area contributed by atoms with E-state index in [-0.39, 0.29) is 18.4 Å². The molecule has 0 aliphatic carbocycles. The monoisotopic (exact) mass is 557 g/mol. The zero-order valence-electron chi connectivity index (χ0n) is 23.7. The molecule has 9 heteroatoms. The molecule has 9 nitrogen and oxygen atoms in total. The molecule has 41 heavy (non-hydrogen) atoms. The van der Waals surface area contributed by atoms with Crippen molar-refractivity contribution in [3.05, 3.63) is 83.7 Å². The second kappa shape index (κ2) is 12.8. The number of fused-ring (bicyclic) bond motifs is 1. The number of aliphatic hydroxyl groups is 2. The molecule has 0 saturated carbocycles. The molecular weight excluding hydrogens is 518 g/mol. The summed E-state index contributed by atoms with van der Waals surface area (Å²) in [7, 11) is 0. The highest BCUT2D eigenvalue weighted by atomic mass is 16.3. The Balaban J connectivity index is 1.28. The number of aliphatic hydroxyl groups excluding tert-OH is 1. The minimum Gasteiger partial charge on any atom is -0.396 e. The van der Waals surface area contributed by atoms with Crippen molar-refractivity contribution in [1.29, 1.82) is 0 Å². The number of aryl methyl sites for hydroxylation is 1. The molecule has 2 amide bonds. The SMILES string of the molecule is C[C@H](/C=C/CCn1cc(CCO)nn1)[C@@]1(O)C(=O)N(Cc2ccc(N3CCCCCCC3=O)cc2)c2ccccc21. The number of benzene rings is 2. The highest BCUT2D eigenvalue weighted by Gasteiger charge is 2.52. The number of hydrogen-bond acceptors (Lipinski definition) is 6. The lowest BCUT2D eigenvalue weighted by Crippen LogP contribution is -2.44. The number of allylic oxidation sites excluding steroid dienone is 1. The quantitative estimate of drug-likeness (QED) is 0.363. The number of rotatable bonds is 10. The van der Waals surface area contributed by atoms with Crippen molar-refractivity contribution < 1.29 is 19.8 Å². The van der Waals surface area contributed by atoms with Gasteiger partial charge < -0.3 is 20.0 Å². The molecule has 1 saturated heterocycles. The van der Waals surface area contributed by atoms with E-state index in [1.165, 1.54) is 0 Å². The van der Waals surface area contributed by atoms with Gasteiger partial charge in [0.1, 0.15) is 0 Å². The van der Waals surface area contributed by atoms with Crippen LogP contribution >= 0.6 is 0 Å². The minimum absolute atomic E-state index is 0.0339. The van der Waals surface area contributed by atoms with E-state index in [1.54, 1.807) is 9.58 Å². The topological polar surface area (TPSA) is 112 Å². The first-order valence-corrected chi connectivity index (χ1v) is 14.6. The highest BCUT2D eigenvalue weighted by molar-refractivity contribution is 6.07. The average Bonchev–Trinajstić information content (AvgIpc) is 3.51. The lowest BCUT2D eigenvalue weighted by atomic mass is 9.83. The van der Waals surface area contributed by atoms with Gasteiger partial charge in [0.05, 0.1) is 17.9 Å². The average molecular weight is 558 g/mol. The van der Waals surface area contributed by atoms with Gasteiger partial charge >= 0.3 is 0 Å². The Morgan fingerprint density at radius 1 is 1.05 bits per heavy atom. The zero-order valence-corrected chi connectivity index (χ0v) is 23.7. The molecule has 2 atom stereocenters. The highest BCUT2D eigenvalue weighted by Crippen LogP contribution is 2.45. The van der Waals surface area contributed by atoms with Crippen LogP contribution in [0.1, 0.15) is 62.3 Å². The van der Waals surface area contributed by atoms with Crippen LogP contribution in [0.4, 0.5) is 11.4 Å². The zero-order chi connectivity index (χ0) is 28.8. The van der Waals surface area contributed by atoms with Crippen LogP contribution in [0.2, 0.25) is 0 Å². The number of hydrogen-bond donors (Lipinski definition) is 2. The van der Waals surface area contributed by atoms with E-state index < -0.39 is 11.5 Å². The summed E-state index contributed by atoms with van der Waals surface area (Å²) in [6.45, 7) is 3.56. The van der Waals surface area contributed by atoms with Crippen molar-refractivity contribution in [2.24, 2.45) is 5.92 Å². The Bertz CT molecular complexity index is 1380. The van der Waals surface area contributed by atoms with Crippen LogP contribution in [0.5, 0.6) is 0 Å². The molecule has 1 aromatic heterocycles. The normalized spacial score (nSPS) is 20.4. The van der Waals surface area contributed by atoms with Gasteiger partial charge in [-0.2, -0.15) is 0 Å². The lowest BCUT2D eigenvalue weighted by molar-refractivity contribution is -0.139. The van der Waals surface area contributed by atoms with Crippen LogP contribution in [0.3, 0.4) is 0 Å². The van der Waals surface area contributed by atoms with Crippen molar-refractivity contribution in [3.8, 4) is 0 Å². The first-order valence-electron chi connectivity index (χ1n) is 14.6. The number of anilines is 2. The predicted molar refractivity (Wildman–Crippen MR) is 157 cm³/mol. The summed E-state index contributed by atoms with van der Waals surface area (Å²) in [4.78, 5) is 30.0. The second-order valence-corrected chi connectivity index (χ2v) is 11.0. The number of nitrogens with zero attached hydrogens (tertiary/aromatic N) is 5. The van der Waals surface area contributed by atoms with E-state index in [2.05, 4.69) is 10.3 Å². The fraction of sp³-hybridized carbons (Fsp3) is 0.438. The van der Waals surface area contributed by atoms with Crippen LogP contribution in [-0.2, 0) is 34.7 Å². The maximum absolute atomic E-state index is 13.8. The fourth-order valence-corrected chi connectivity index (χ4v) is 5.78. The molecule has 3 heterocycles. The molecule has 1 fully saturated rings. The van der Waals surface area contributed by atoms with Crippen molar-refractivity contribution >= 4 is 23.2 Å². The third-order valence-corrected chi connectivity index (χ3v) is 8.15. The summed E-state index contributed by atoms with van der Waals surface area (Å²) >= 11 is 0. The van der Waals surface area contributed by atoms with Gasteiger partial charge in [-0.25, -0.2) is 0 Å². The summed E-state index contributed by atoms with van der Waals surface area (Å²) in [6, 6.07) is 15.3. The molecule has 0 bridgehead atoms. The predicted octanol–water partition coefficient (Wildman–Crippen LogP) is 4.13. The number of carbonyl (C=O) groups excluding carboxylic acids is 2. The van der Waals surface area contributed by atoms with Gasteiger partial charge in [-0.05, 0) is 43.0 Å². The molecule has 0 spiro atoms. The molecular formula is C32H39N5O4. The Morgan fingerprint density at radius 3 is 2.63 bits per heavy atom. The van der Waals surface area contributed by atoms with Crippen molar-refractivity contribution in [1.82, 2.24) is 15.0 Å². The molecule has 2 aromatic carbocycles. The Labute approximate surface area is 241 Å². The maximum atomic E-state index is 13.8. The fourth-order valence-electron chi connectivity index (χ4n) is 5.78. The van der Waals surface area contributed by atoms with Crippen LogP contribution in [0.15, 0.2) is 66.9 Å². The summed E-state index contributed by atoms with van der Waals surface area (Å²) in [5, 5.41) is 29.0. The Kier molecular flexibility index (Phi) is 8.95.